The van der Waals surface area contributed by atoms with E-state index in [0.29, 0.717) is 23.9 Å². The quantitative estimate of drug-likeness (QED) is 0.698. The van der Waals surface area contributed by atoms with Gasteiger partial charge in [-0.2, -0.15) is 0 Å². The minimum atomic E-state index is -0.444. The summed E-state index contributed by atoms with van der Waals surface area (Å²) in [5.41, 5.74) is 0.273. The molecule has 0 bridgehead atoms. The number of benzene rings is 1. The number of halogens is 1. The van der Waals surface area contributed by atoms with Gasteiger partial charge in [-0.05, 0) is 30.7 Å². The highest BCUT2D eigenvalue weighted by atomic mass is 35.5. The van der Waals surface area contributed by atoms with Crippen LogP contribution in [-0.2, 0) is 11.3 Å². The van der Waals surface area contributed by atoms with Crippen LogP contribution in [0.15, 0.2) is 34.9 Å². The van der Waals surface area contributed by atoms with E-state index in [2.05, 4.69) is 10.6 Å². The van der Waals surface area contributed by atoms with Crippen molar-refractivity contribution in [3.63, 3.8) is 0 Å². The van der Waals surface area contributed by atoms with E-state index in [1.54, 1.807) is 12.1 Å². The second-order valence-electron chi connectivity index (χ2n) is 5.38. The Balaban J connectivity index is 1.93. The molecule has 1 aromatic heterocycles. The molecule has 8 heteroatoms. The first-order valence-corrected chi connectivity index (χ1v) is 8.50. The molecule has 0 fully saturated rings. The largest absolute Gasteiger partial charge is 0.493 e. The smallest absolute Gasteiger partial charge is 0.251 e. The van der Waals surface area contributed by atoms with Gasteiger partial charge in [-0.1, -0.05) is 18.5 Å². The van der Waals surface area contributed by atoms with Crippen molar-refractivity contribution in [3.8, 4) is 11.5 Å². The lowest BCUT2D eigenvalue weighted by Crippen LogP contribution is -2.36. The molecule has 0 aliphatic carbocycles. The van der Waals surface area contributed by atoms with Gasteiger partial charge in [0.1, 0.15) is 5.76 Å². The second-order valence-corrected chi connectivity index (χ2v) is 5.78. The van der Waals surface area contributed by atoms with E-state index in [1.165, 1.54) is 25.5 Å². The molecular weight excluding hydrogens is 360 g/mol. The summed E-state index contributed by atoms with van der Waals surface area (Å²) in [5, 5.41) is 5.44. The summed E-state index contributed by atoms with van der Waals surface area (Å²) in [7, 11) is 1.47. The summed E-state index contributed by atoms with van der Waals surface area (Å²) in [4.78, 5) is 24.1. The van der Waals surface area contributed by atoms with Crippen molar-refractivity contribution in [2.24, 2.45) is 0 Å². The Morgan fingerprint density at radius 1 is 1.27 bits per heavy atom. The van der Waals surface area contributed by atoms with Crippen LogP contribution >= 0.6 is 11.6 Å². The number of hydrogen-bond acceptors (Lipinski definition) is 5. The summed E-state index contributed by atoms with van der Waals surface area (Å²) in [6.45, 7) is 2.54. The molecule has 0 saturated heterocycles. The molecule has 2 N–H and O–H groups in total. The van der Waals surface area contributed by atoms with Gasteiger partial charge in [-0.3, -0.25) is 9.59 Å². The molecule has 0 atom stereocenters. The average Bonchev–Trinajstić information content (AvgIpc) is 3.16. The predicted molar refractivity (Wildman–Crippen MR) is 96.7 cm³/mol. The number of amides is 2. The maximum Gasteiger partial charge on any atom is 0.251 e. The molecule has 1 aromatic carbocycles. The van der Waals surface area contributed by atoms with E-state index in [0.717, 1.165) is 6.42 Å². The van der Waals surface area contributed by atoms with E-state index in [9.17, 15) is 9.59 Å². The lowest BCUT2D eigenvalue weighted by molar-refractivity contribution is -0.120. The van der Waals surface area contributed by atoms with Crippen molar-refractivity contribution in [1.29, 1.82) is 0 Å². The molecular formula is C18H21ClN2O5. The molecule has 2 aromatic rings. The minimum absolute atomic E-state index is 0.173. The molecule has 2 rings (SSSR count). The number of carbonyl (C=O) groups is 2. The number of ether oxygens (including phenoxy) is 2. The van der Waals surface area contributed by atoms with Crippen LogP contribution in [0.4, 0.5) is 0 Å². The summed E-state index contributed by atoms with van der Waals surface area (Å²) < 4.78 is 15.9. The molecule has 0 unspecified atom stereocenters. The highest BCUT2D eigenvalue weighted by Crippen LogP contribution is 2.36. The van der Waals surface area contributed by atoms with Gasteiger partial charge < -0.3 is 24.5 Å². The maximum absolute atomic E-state index is 12.3. The maximum atomic E-state index is 12.3. The van der Waals surface area contributed by atoms with Gasteiger partial charge in [-0.25, -0.2) is 0 Å². The van der Waals surface area contributed by atoms with Crippen LogP contribution in [0.3, 0.4) is 0 Å². The van der Waals surface area contributed by atoms with Crippen LogP contribution in [0.5, 0.6) is 11.5 Å². The summed E-state index contributed by atoms with van der Waals surface area (Å²) in [6, 6.07) is 6.47. The molecule has 1 heterocycles. The molecule has 0 radical (unpaired) electrons. The first-order valence-electron chi connectivity index (χ1n) is 8.12. The normalized spacial score (nSPS) is 10.3. The first-order chi connectivity index (χ1) is 12.5. The van der Waals surface area contributed by atoms with Crippen molar-refractivity contribution in [2.75, 3.05) is 20.3 Å². The van der Waals surface area contributed by atoms with Crippen molar-refractivity contribution >= 4 is 23.4 Å². The van der Waals surface area contributed by atoms with Crippen LogP contribution in [0, 0.1) is 0 Å². The van der Waals surface area contributed by atoms with E-state index >= 15 is 0 Å². The van der Waals surface area contributed by atoms with E-state index in [4.69, 9.17) is 25.5 Å². The molecule has 0 saturated carbocycles. The molecule has 26 heavy (non-hydrogen) atoms. The van der Waals surface area contributed by atoms with Crippen molar-refractivity contribution < 1.29 is 23.5 Å². The van der Waals surface area contributed by atoms with Crippen LogP contribution in [-0.4, -0.2) is 32.1 Å². The standard InChI is InChI=1S/C18H21ClN2O5/c1-3-6-26-17-14(19)8-12(9-15(17)24-2)18(23)21-11-16(22)20-10-13-5-4-7-25-13/h4-5,7-9H,3,6,10-11H2,1-2H3,(H,20,22)(H,21,23). The third kappa shape index (κ3) is 5.42. The number of rotatable bonds is 9. The molecule has 0 spiro atoms. The van der Waals surface area contributed by atoms with Gasteiger partial charge in [0, 0.05) is 5.56 Å². The zero-order valence-corrected chi connectivity index (χ0v) is 15.4. The van der Waals surface area contributed by atoms with Crippen LogP contribution in [0.25, 0.3) is 0 Å². The highest BCUT2D eigenvalue weighted by Gasteiger charge is 2.16. The Kier molecular flexibility index (Phi) is 7.35. The van der Waals surface area contributed by atoms with Gasteiger partial charge in [-0.15, -0.1) is 0 Å². The highest BCUT2D eigenvalue weighted by molar-refractivity contribution is 6.32. The number of carbonyl (C=O) groups excluding carboxylic acids is 2. The van der Waals surface area contributed by atoms with Crippen LogP contribution in [0.2, 0.25) is 5.02 Å². The zero-order chi connectivity index (χ0) is 18.9. The summed E-state index contributed by atoms with van der Waals surface area (Å²) in [6.07, 6.45) is 2.34. The van der Waals surface area contributed by atoms with E-state index < -0.39 is 5.91 Å². The second kappa shape index (κ2) is 9.72. The lowest BCUT2D eigenvalue weighted by atomic mass is 10.2. The average molecular weight is 381 g/mol. The molecule has 7 nitrogen and oxygen atoms in total. The van der Waals surface area contributed by atoms with Crippen LogP contribution in [0.1, 0.15) is 29.5 Å². The fourth-order valence-electron chi connectivity index (χ4n) is 2.12. The lowest BCUT2D eigenvalue weighted by Gasteiger charge is -2.13. The number of methoxy groups -OCH3 is 1. The fraction of sp³-hybridized carbons (Fsp3) is 0.333. The van der Waals surface area contributed by atoms with Crippen molar-refractivity contribution in [3.05, 3.63) is 46.9 Å². The summed E-state index contributed by atoms with van der Waals surface area (Å²) in [5.74, 6) is 0.599. The summed E-state index contributed by atoms with van der Waals surface area (Å²) >= 11 is 6.19. The molecule has 2 amide bonds. The fourth-order valence-corrected chi connectivity index (χ4v) is 2.38. The van der Waals surface area contributed by atoms with Gasteiger partial charge >= 0.3 is 0 Å². The van der Waals surface area contributed by atoms with Gasteiger partial charge in [0.15, 0.2) is 11.5 Å². The Morgan fingerprint density at radius 3 is 2.73 bits per heavy atom. The minimum Gasteiger partial charge on any atom is -0.493 e. The van der Waals surface area contributed by atoms with E-state index in [1.807, 2.05) is 6.92 Å². The van der Waals surface area contributed by atoms with Gasteiger partial charge in [0.25, 0.3) is 5.91 Å². The Hall–Kier alpha value is -2.67. The third-order valence-electron chi connectivity index (χ3n) is 3.39. The number of furan rings is 1. The van der Waals surface area contributed by atoms with Gasteiger partial charge in [0.05, 0.1) is 38.1 Å². The number of nitrogens with one attached hydrogen (secondary N) is 2. The Labute approximate surface area is 156 Å². The predicted octanol–water partition coefficient (Wildman–Crippen LogP) is 2.78. The van der Waals surface area contributed by atoms with Crippen molar-refractivity contribution in [1.82, 2.24) is 10.6 Å². The Morgan fingerprint density at radius 2 is 2.08 bits per heavy atom. The molecule has 0 aliphatic rings. The zero-order valence-electron chi connectivity index (χ0n) is 14.6. The topological polar surface area (TPSA) is 89.8 Å². The monoisotopic (exact) mass is 380 g/mol. The van der Waals surface area contributed by atoms with Gasteiger partial charge in [0.2, 0.25) is 5.91 Å². The number of hydrogen-bond donors (Lipinski definition) is 2. The van der Waals surface area contributed by atoms with E-state index in [-0.39, 0.29) is 29.6 Å². The molecule has 0 aliphatic heterocycles. The third-order valence-corrected chi connectivity index (χ3v) is 3.67. The van der Waals surface area contributed by atoms with Crippen LogP contribution < -0.4 is 20.1 Å². The SMILES string of the molecule is CCCOc1c(Cl)cc(C(=O)NCC(=O)NCc2ccco2)cc1OC. The Bertz CT molecular complexity index is 746. The molecule has 140 valence electrons. The van der Waals surface area contributed by atoms with Crippen molar-refractivity contribution in [2.45, 2.75) is 19.9 Å². The first kappa shape index (κ1) is 19.7.